The van der Waals surface area contributed by atoms with Crippen LogP contribution in [0.5, 0.6) is 0 Å². The maximum absolute atomic E-state index is 5.89. The fourth-order valence-electron chi connectivity index (χ4n) is 3.92. The van der Waals surface area contributed by atoms with Crippen LogP contribution in [-0.4, -0.2) is 72.5 Å². The van der Waals surface area contributed by atoms with Gasteiger partial charge < -0.3 is 14.5 Å². The molecular weight excluding hydrogens is 314 g/mol. The molecule has 1 aromatic heterocycles. The maximum Gasteiger partial charge on any atom is 0.208 e. The SMILES string of the molecule is CN(C)CCCN1CN(CC2CCCO2)c2nc3ccccc3n2C1. The van der Waals surface area contributed by atoms with Crippen LogP contribution in [0.3, 0.4) is 0 Å². The molecule has 136 valence electrons. The third-order valence-corrected chi connectivity index (χ3v) is 5.16. The van der Waals surface area contributed by atoms with Crippen LogP contribution >= 0.6 is 0 Å². The second-order valence-corrected chi connectivity index (χ2v) is 7.52. The van der Waals surface area contributed by atoms with Gasteiger partial charge in [-0.15, -0.1) is 0 Å². The summed E-state index contributed by atoms with van der Waals surface area (Å²) >= 11 is 0. The van der Waals surface area contributed by atoms with Crippen LogP contribution in [0.25, 0.3) is 11.0 Å². The van der Waals surface area contributed by atoms with Crippen LogP contribution in [-0.2, 0) is 11.4 Å². The molecule has 6 heteroatoms. The van der Waals surface area contributed by atoms with Gasteiger partial charge in [0.1, 0.15) is 0 Å². The minimum absolute atomic E-state index is 0.343. The largest absolute Gasteiger partial charge is 0.376 e. The van der Waals surface area contributed by atoms with Crippen molar-refractivity contribution in [1.29, 1.82) is 0 Å². The number of fused-ring (bicyclic) bond motifs is 3. The molecule has 1 aromatic carbocycles. The van der Waals surface area contributed by atoms with Crippen molar-refractivity contribution in [3.63, 3.8) is 0 Å². The topological polar surface area (TPSA) is 36.8 Å². The number of ether oxygens (including phenoxy) is 1. The number of hydrogen-bond donors (Lipinski definition) is 0. The van der Waals surface area contributed by atoms with Crippen molar-refractivity contribution in [2.75, 3.05) is 51.9 Å². The fraction of sp³-hybridized carbons (Fsp3) is 0.632. The van der Waals surface area contributed by atoms with Crippen LogP contribution in [0.2, 0.25) is 0 Å². The first-order chi connectivity index (χ1) is 12.2. The van der Waals surface area contributed by atoms with Crippen molar-refractivity contribution in [2.45, 2.75) is 32.0 Å². The van der Waals surface area contributed by atoms with Crippen molar-refractivity contribution in [1.82, 2.24) is 19.4 Å². The molecule has 0 N–H and O–H groups in total. The molecule has 25 heavy (non-hydrogen) atoms. The van der Waals surface area contributed by atoms with E-state index in [1.807, 2.05) is 0 Å². The van der Waals surface area contributed by atoms with Crippen LogP contribution in [0, 0.1) is 0 Å². The van der Waals surface area contributed by atoms with Gasteiger partial charge in [-0.2, -0.15) is 0 Å². The Labute approximate surface area is 150 Å². The van der Waals surface area contributed by atoms with Crippen molar-refractivity contribution in [3.05, 3.63) is 24.3 Å². The summed E-state index contributed by atoms with van der Waals surface area (Å²) in [6.45, 7) is 5.93. The third kappa shape index (κ3) is 3.66. The van der Waals surface area contributed by atoms with Gasteiger partial charge >= 0.3 is 0 Å². The van der Waals surface area contributed by atoms with Crippen LogP contribution in [0.1, 0.15) is 19.3 Å². The van der Waals surface area contributed by atoms with Crippen molar-refractivity contribution < 1.29 is 4.74 Å². The predicted molar refractivity (Wildman–Crippen MR) is 101 cm³/mol. The monoisotopic (exact) mass is 343 g/mol. The molecule has 2 aromatic rings. The Balaban J connectivity index is 1.56. The Bertz CT molecular complexity index is 707. The summed E-state index contributed by atoms with van der Waals surface area (Å²) in [6, 6.07) is 8.47. The van der Waals surface area contributed by atoms with Gasteiger partial charge in [0, 0.05) is 19.7 Å². The number of rotatable bonds is 6. The number of aromatic nitrogens is 2. The number of benzene rings is 1. The highest BCUT2D eigenvalue weighted by atomic mass is 16.5. The number of para-hydroxylation sites is 2. The van der Waals surface area contributed by atoms with E-state index in [4.69, 9.17) is 9.72 Å². The summed E-state index contributed by atoms with van der Waals surface area (Å²) in [5, 5.41) is 0. The molecule has 4 rings (SSSR count). The molecule has 2 aliphatic heterocycles. The van der Waals surface area contributed by atoms with Gasteiger partial charge in [0.25, 0.3) is 0 Å². The van der Waals surface area contributed by atoms with E-state index < -0.39 is 0 Å². The van der Waals surface area contributed by atoms with Crippen molar-refractivity contribution >= 4 is 17.0 Å². The highest BCUT2D eigenvalue weighted by Gasteiger charge is 2.28. The van der Waals surface area contributed by atoms with E-state index >= 15 is 0 Å². The van der Waals surface area contributed by atoms with Crippen molar-refractivity contribution in [3.8, 4) is 0 Å². The van der Waals surface area contributed by atoms with Gasteiger partial charge in [0.2, 0.25) is 5.95 Å². The molecular formula is C19H29N5O. The minimum Gasteiger partial charge on any atom is -0.376 e. The molecule has 3 heterocycles. The molecule has 0 bridgehead atoms. The first-order valence-electron chi connectivity index (χ1n) is 9.39. The molecule has 1 saturated heterocycles. The summed E-state index contributed by atoms with van der Waals surface area (Å²) in [5.41, 5.74) is 2.32. The molecule has 0 spiro atoms. The van der Waals surface area contributed by atoms with Crippen LogP contribution in [0.4, 0.5) is 5.95 Å². The summed E-state index contributed by atoms with van der Waals surface area (Å²) in [5.74, 6) is 1.10. The van der Waals surface area contributed by atoms with Gasteiger partial charge in [0.15, 0.2) is 0 Å². The standard InChI is InChI=1S/C19H29N5O/c1-21(2)10-6-11-22-14-23(13-16-7-5-12-25-16)19-20-17-8-3-4-9-18(17)24(19)15-22/h3-4,8-9,16H,5-7,10-15H2,1-2H3. The lowest BCUT2D eigenvalue weighted by Crippen LogP contribution is -2.48. The zero-order valence-corrected chi connectivity index (χ0v) is 15.4. The van der Waals surface area contributed by atoms with E-state index in [0.717, 1.165) is 57.5 Å². The van der Waals surface area contributed by atoms with E-state index in [1.54, 1.807) is 0 Å². The van der Waals surface area contributed by atoms with Gasteiger partial charge in [0.05, 0.1) is 30.5 Å². The zero-order valence-electron chi connectivity index (χ0n) is 15.4. The summed E-state index contributed by atoms with van der Waals surface area (Å²) in [4.78, 5) is 12.1. The number of nitrogens with zero attached hydrogens (tertiary/aromatic N) is 5. The van der Waals surface area contributed by atoms with E-state index in [9.17, 15) is 0 Å². The molecule has 6 nitrogen and oxygen atoms in total. The quantitative estimate of drug-likeness (QED) is 0.804. The molecule has 1 unspecified atom stereocenters. The smallest absolute Gasteiger partial charge is 0.208 e. The average Bonchev–Trinajstić information content (AvgIpc) is 3.22. The third-order valence-electron chi connectivity index (χ3n) is 5.16. The predicted octanol–water partition coefficient (Wildman–Crippen LogP) is 2.20. The molecule has 0 aliphatic carbocycles. The van der Waals surface area contributed by atoms with Gasteiger partial charge in [-0.1, -0.05) is 12.1 Å². The highest BCUT2D eigenvalue weighted by molar-refractivity contribution is 5.79. The van der Waals surface area contributed by atoms with E-state index in [-0.39, 0.29) is 0 Å². The molecule has 1 atom stereocenters. The Morgan fingerprint density at radius 2 is 2.12 bits per heavy atom. The average molecular weight is 343 g/mol. The molecule has 1 fully saturated rings. The number of anilines is 1. The summed E-state index contributed by atoms with van der Waals surface area (Å²) in [7, 11) is 4.28. The normalized spacial score (nSPS) is 21.4. The maximum atomic E-state index is 5.89. The minimum atomic E-state index is 0.343. The lowest BCUT2D eigenvalue weighted by atomic mass is 10.2. The Hall–Kier alpha value is -1.63. The lowest BCUT2D eigenvalue weighted by Gasteiger charge is -2.38. The summed E-state index contributed by atoms with van der Waals surface area (Å²) in [6.07, 6.45) is 3.87. The van der Waals surface area contributed by atoms with Gasteiger partial charge in [-0.05, 0) is 52.0 Å². The van der Waals surface area contributed by atoms with E-state index in [0.29, 0.717) is 6.10 Å². The second-order valence-electron chi connectivity index (χ2n) is 7.52. The first kappa shape index (κ1) is 16.8. The first-order valence-corrected chi connectivity index (χ1v) is 9.39. The second kappa shape index (κ2) is 7.32. The van der Waals surface area contributed by atoms with Crippen molar-refractivity contribution in [2.24, 2.45) is 0 Å². The lowest BCUT2D eigenvalue weighted by molar-refractivity contribution is 0.106. The van der Waals surface area contributed by atoms with Gasteiger partial charge in [-0.3, -0.25) is 9.47 Å². The highest BCUT2D eigenvalue weighted by Crippen LogP contribution is 2.28. The molecule has 0 radical (unpaired) electrons. The number of hydrogen-bond acceptors (Lipinski definition) is 5. The zero-order chi connectivity index (χ0) is 17.2. The van der Waals surface area contributed by atoms with Crippen LogP contribution in [0.15, 0.2) is 24.3 Å². The number of imidazole rings is 1. The summed E-state index contributed by atoms with van der Waals surface area (Å²) < 4.78 is 8.25. The Morgan fingerprint density at radius 1 is 1.24 bits per heavy atom. The fourth-order valence-corrected chi connectivity index (χ4v) is 3.92. The van der Waals surface area contributed by atoms with Gasteiger partial charge in [-0.25, -0.2) is 4.98 Å². The molecule has 0 amide bonds. The molecule has 0 saturated carbocycles. The van der Waals surface area contributed by atoms with E-state index in [2.05, 4.69) is 57.6 Å². The van der Waals surface area contributed by atoms with E-state index in [1.165, 1.54) is 18.4 Å². The van der Waals surface area contributed by atoms with Crippen LogP contribution < -0.4 is 4.90 Å². The Morgan fingerprint density at radius 3 is 2.92 bits per heavy atom. The Kier molecular flexibility index (Phi) is 4.92. The molecule has 2 aliphatic rings.